The van der Waals surface area contributed by atoms with Gasteiger partial charge in [-0.2, -0.15) is 0 Å². The second-order valence-electron chi connectivity index (χ2n) is 4.77. The summed E-state index contributed by atoms with van der Waals surface area (Å²) < 4.78 is 10.4. The Labute approximate surface area is 132 Å². The Balaban J connectivity index is 0.000000211. The van der Waals surface area contributed by atoms with Gasteiger partial charge in [-0.1, -0.05) is 15.9 Å². The molecule has 0 unspecified atom stereocenters. The molecule has 0 bridgehead atoms. The molecular formula is C16H19BrO4. The summed E-state index contributed by atoms with van der Waals surface area (Å²) >= 11 is 3.10. The number of ketones is 2. The fraction of sp³-hybridized carbons (Fsp3) is 0.375. The third-order valence-corrected chi connectivity index (χ3v) is 3.39. The number of aryl methyl sites for hydroxylation is 4. The Bertz CT molecular complexity index is 649. The number of alkyl halides is 1. The van der Waals surface area contributed by atoms with E-state index in [-0.39, 0.29) is 11.6 Å². The third-order valence-electron chi connectivity index (χ3n) is 2.88. The highest BCUT2D eigenvalue weighted by atomic mass is 79.9. The van der Waals surface area contributed by atoms with Gasteiger partial charge in [0.25, 0.3) is 0 Å². The lowest BCUT2D eigenvalue weighted by molar-refractivity contribution is 0.101. The van der Waals surface area contributed by atoms with Crippen molar-refractivity contribution >= 4 is 27.5 Å². The SMILES string of the molecule is CC(=O)c1cc(C)oc1C.Cc1cc(C(=O)CBr)c(C)o1. The minimum Gasteiger partial charge on any atom is -0.466 e. The number of Topliss-reactive ketones (excluding diaryl/α,β-unsaturated/α-hetero) is 2. The van der Waals surface area contributed by atoms with Crippen molar-refractivity contribution in [1.29, 1.82) is 0 Å². The van der Waals surface area contributed by atoms with Crippen molar-refractivity contribution in [3.8, 4) is 0 Å². The second kappa shape index (κ2) is 7.41. The molecule has 5 heteroatoms. The maximum Gasteiger partial charge on any atom is 0.176 e. The number of carbonyl (C=O) groups excluding carboxylic acids is 2. The largest absolute Gasteiger partial charge is 0.466 e. The predicted octanol–water partition coefficient (Wildman–Crippen LogP) is 4.57. The highest BCUT2D eigenvalue weighted by molar-refractivity contribution is 9.09. The van der Waals surface area contributed by atoms with E-state index in [1.807, 2.05) is 13.8 Å². The lowest BCUT2D eigenvalue weighted by Gasteiger charge is -1.90. The first-order valence-corrected chi connectivity index (χ1v) is 7.62. The molecule has 0 saturated heterocycles. The van der Waals surface area contributed by atoms with Gasteiger partial charge >= 0.3 is 0 Å². The van der Waals surface area contributed by atoms with Crippen LogP contribution in [-0.2, 0) is 0 Å². The van der Waals surface area contributed by atoms with E-state index in [1.54, 1.807) is 26.0 Å². The van der Waals surface area contributed by atoms with Crippen molar-refractivity contribution in [2.75, 3.05) is 5.33 Å². The van der Waals surface area contributed by atoms with E-state index in [4.69, 9.17) is 8.83 Å². The first-order valence-electron chi connectivity index (χ1n) is 6.50. The van der Waals surface area contributed by atoms with Crippen LogP contribution in [-0.4, -0.2) is 16.9 Å². The molecule has 0 fully saturated rings. The fourth-order valence-electron chi connectivity index (χ4n) is 1.96. The summed E-state index contributed by atoms with van der Waals surface area (Å²) in [7, 11) is 0. The lowest BCUT2D eigenvalue weighted by atomic mass is 10.2. The molecule has 2 aromatic rings. The van der Waals surface area contributed by atoms with Crippen LogP contribution in [0.15, 0.2) is 21.0 Å². The first-order chi connectivity index (χ1) is 9.76. The van der Waals surface area contributed by atoms with E-state index in [0.29, 0.717) is 28.0 Å². The molecule has 0 aliphatic rings. The summed E-state index contributed by atoms with van der Waals surface area (Å²) in [6, 6.07) is 3.52. The maximum absolute atomic E-state index is 11.1. The molecule has 2 heterocycles. The standard InChI is InChI=1S/C8H9BrO2.C8H10O2/c1-5-3-7(6(2)11-5)8(10)4-9;1-5-4-8(6(2)9)7(3)10-5/h3H,4H2,1-2H3;4H,1-3H3. The Hall–Kier alpha value is -1.62. The molecule has 4 nitrogen and oxygen atoms in total. The first kappa shape index (κ1) is 17.4. The van der Waals surface area contributed by atoms with E-state index in [9.17, 15) is 9.59 Å². The number of rotatable bonds is 3. The molecule has 0 amide bonds. The van der Waals surface area contributed by atoms with E-state index >= 15 is 0 Å². The Kier molecular flexibility index (Phi) is 6.15. The minimum atomic E-state index is 0.0642. The molecule has 0 radical (unpaired) electrons. The zero-order valence-electron chi connectivity index (χ0n) is 12.9. The van der Waals surface area contributed by atoms with E-state index in [0.717, 1.165) is 11.5 Å². The molecule has 0 spiro atoms. The van der Waals surface area contributed by atoms with Crippen LogP contribution in [0.4, 0.5) is 0 Å². The molecule has 0 aromatic carbocycles. The van der Waals surface area contributed by atoms with E-state index in [1.165, 1.54) is 6.92 Å². The van der Waals surface area contributed by atoms with E-state index < -0.39 is 0 Å². The Morgan fingerprint density at radius 3 is 1.62 bits per heavy atom. The van der Waals surface area contributed by atoms with Gasteiger partial charge in [-0.25, -0.2) is 0 Å². The zero-order valence-corrected chi connectivity index (χ0v) is 14.5. The molecule has 0 aliphatic heterocycles. The van der Waals surface area contributed by atoms with Crippen LogP contribution in [0.3, 0.4) is 0 Å². The van der Waals surface area contributed by atoms with Crippen LogP contribution >= 0.6 is 15.9 Å². The summed E-state index contributed by atoms with van der Waals surface area (Å²) in [6.07, 6.45) is 0. The van der Waals surface area contributed by atoms with Gasteiger partial charge < -0.3 is 8.83 Å². The van der Waals surface area contributed by atoms with Crippen LogP contribution in [0.1, 0.15) is 50.7 Å². The molecule has 2 rings (SSSR count). The van der Waals surface area contributed by atoms with Crippen LogP contribution in [0.5, 0.6) is 0 Å². The number of furan rings is 2. The van der Waals surface area contributed by atoms with Crippen molar-refractivity contribution in [2.45, 2.75) is 34.6 Å². The van der Waals surface area contributed by atoms with Crippen LogP contribution in [0, 0.1) is 27.7 Å². The molecule has 114 valence electrons. The van der Waals surface area contributed by atoms with Gasteiger partial charge in [0.05, 0.1) is 16.5 Å². The number of hydrogen-bond acceptors (Lipinski definition) is 4. The summed E-state index contributed by atoms with van der Waals surface area (Å²) in [5, 5.41) is 0.354. The predicted molar refractivity (Wildman–Crippen MR) is 84.5 cm³/mol. The Morgan fingerprint density at radius 2 is 1.38 bits per heavy atom. The van der Waals surface area contributed by atoms with Gasteiger partial charge in [0.1, 0.15) is 23.0 Å². The number of hydrogen-bond donors (Lipinski definition) is 0. The van der Waals surface area contributed by atoms with Gasteiger partial charge in [0.15, 0.2) is 11.6 Å². The van der Waals surface area contributed by atoms with Crippen LogP contribution in [0.25, 0.3) is 0 Å². The number of carbonyl (C=O) groups is 2. The summed E-state index contributed by atoms with van der Waals surface area (Å²) in [5.41, 5.74) is 1.37. The highest BCUT2D eigenvalue weighted by Crippen LogP contribution is 2.15. The van der Waals surface area contributed by atoms with Gasteiger partial charge in [-0.15, -0.1) is 0 Å². The average molecular weight is 355 g/mol. The van der Waals surface area contributed by atoms with Crippen LogP contribution in [0.2, 0.25) is 0 Å². The Morgan fingerprint density at radius 1 is 0.952 bits per heavy atom. The molecule has 21 heavy (non-hydrogen) atoms. The highest BCUT2D eigenvalue weighted by Gasteiger charge is 2.11. The van der Waals surface area contributed by atoms with Crippen LogP contribution < -0.4 is 0 Å². The van der Waals surface area contributed by atoms with Crippen molar-refractivity contribution in [3.63, 3.8) is 0 Å². The molecule has 0 atom stereocenters. The molecular weight excluding hydrogens is 336 g/mol. The molecule has 2 aromatic heterocycles. The van der Waals surface area contributed by atoms with Crippen molar-refractivity contribution < 1.29 is 18.4 Å². The quantitative estimate of drug-likeness (QED) is 0.598. The van der Waals surface area contributed by atoms with Gasteiger partial charge in [-0.05, 0) is 46.8 Å². The zero-order chi connectivity index (χ0) is 16.2. The maximum atomic E-state index is 11.1. The molecule has 0 saturated carbocycles. The second-order valence-corrected chi connectivity index (χ2v) is 5.33. The van der Waals surface area contributed by atoms with Gasteiger partial charge in [-0.3, -0.25) is 9.59 Å². The molecule has 0 N–H and O–H groups in total. The summed E-state index contributed by atoms with van der Waals surface area (Å²) in [6.45, 7) is 8.79. The average Bonchev–Trinajstić information content (AvgIpc) is 2.91. The molecule has 0 aliphatic carbocycles. The van der Waals surface area contributed by atoms with Crippen molar-refractivity contribution in [2.24, 2.45) is 0 Å². The van der Waals surface area contributed by atoms with E-state index in [2.05, 4.69) is 15.9 Å². The summed E-state index contributed by atoms with van der Waals surface area (Å²) in [5.74, 6) is 3.13. The smallest absolute Gasteiger partial charge is 0.176 e. The summed E-state index contributed by atoms with van der Waals surface area (Å²) in [4.78, 5) is 22.0. The topological polar surface area (TPSA) is 60.4 Å². The van der Waals surface area contributed by atoms with Crippen molar-refractivity contribution in [1.82, 2.24) is 0 Å². The number of halogens is 1. The van der Waals surface area contributed by atoms with Gasteiger partial charge in [0, 0.05) is 0 Å². The van der Waals surface area contributed by atoms with Gasteiger partial charge in [0.2, 0.25) is 0 Å². The lowest BCUT2D eigenvalue weighted by Crippen LogP contribution is -1.99. The van der Waals surface area contributed by atoms with Crippen molar-refractivity contribution in [3.05, 3.63) is 46.3 Å². The normalized spacial score (nSPS) is 10.0. The third kappa shape index (κ3) is 4.70. The fourth-order valence-corrected chi connectivity index (χ4v) is 2.26. The minimum absolute atomic E-state index is 0.0642. The monoisotopic (exact) mass is 354 g/mol.